The van der Waals surface area contributed by atoms with Gasteiger partial charge in [0.15, 0.2) is 6.10 Å². The molecular weight excluding hydrogens is 684 g/mol. The first-order valence-electron chi connectivity index (χ1n) is 19.8. The van der Waals surface area contributed by atoms with Crippen LogP contribution in [0.25, 0.3) is 11.1 Å². The molecule has 1 fully saturated rings. The third kappa shape index (κ3) is 14.8. The Morgan fingerprint density at radius 3 is 2.15 bits per heavy atom. The number of ether oxygens (including phenoxy) is 5. The Labute approximate surface area is 322 Å². The molecule has 9 heteroatoms. The smallest absolute Gasteiger partial charge is 0.333 e. The van der Waals surface area contributed by atoms with Gasteiger partial charge in [-0.25, -0.2) is 9.59 Å². The van der Waals surface area contributed by atoms with Gasteiger partial charge in [-0.3, -0.25) is 9.59 Å². The molecule has 0 radical (unpaired) electrons. The van der Waals surface area contributed by atoms with Crippen LogP contribution in [0.4, 0.5) is 0 Å². The summed E-state index contributed by atoms with van der Waals surface area (Å²) < 4.78 is 26.8. The van der Waals surface area contributed by atoms with Crippen molar-refractivity contribution in [3.8, 4) is 16.9 Å². The van der Waals surface area contributed by atoms with Crippen molar-refractivity contribution in [3.05, 3.63) is 77.4 Å². The molecule has 0 spiro atoms. The van der Waals surface area contributed by atoms with Gasteiger partial charge in [0.25, 0.3) is 0 Å². The maximum atomic E-state index is 12.4. The number of hydrogen-bond acceptors (Lipinski definition) is 9. The molecule has 0 aliphatic heterocycles. The van der Waals surface area contributed by atoms with Crippen LogP contribution in [-0.2, 0) is 51.0 Å². The standard InChI is InChI=1S/C45H62O9/c1-8-10-11-12-13-15-33-17-19-35(20-18-33)36-21-23-40(34(9-2)26-36)37-22-24-41(38(27-37)16-14-25-51-44(48)31(3)4)52-29-39(30-53-45(49)32(5)6)54-43(47)28-42(46)50-7/h21-24,26-27,33,35,39H,3,5,8-20,25,28-30H2,1-2,4,6-7H3. The van der Waals surface area contributed by atoms with Crippen LogP contribution in [0.15, 0.2) is 60.7 Å². The van der Waals surface area contributed by atoms with Crippen LogP contribution in [0.5, 0.6) is 5.75 Å². The second-order valence-corrected chi connectivity index (χ2v) is 14.6. The fraction of sp³-hybridized carbons (Fsp3) is 0.556. The molecule has 1 aliphatic carbocycles. The van der Waals surface area contributed by atoms with E-state index in [0.29, 0.717) is 30.1 Å². The van der Waals surface area contributed by atoms with E-state index in [2.05, 4.69) is 56.0 Å². The Balaban J connectivity index is 1.79. The molecule has 1 unspecified atom stereocenters. The van der Waals surface area contributed by atoms with Crippen molar-refractivity contribution in [2.45, 2.75) is 130 Å². The summed E-state index contributed by atoms with van der Waals surface area (Å²) in [5, 5.41) is 0. The molecule has 9 nitrogen and oxygen atoms in total. The minimum atomic E-state index is -1.00. The Hall–Kier alpha value is -4.40. The highest BCUT2D eigenvalue weighted by atomic mass is 16.6. The number of esters is 4. The molecule has 2 aromatic rings. The summed E-state index contributed by atoms with van der Waals surface area (Å²) in [7, 11) is 1.18. The lowest BCUT2D eigenvalue weighted by atomic mass is 9.76. The number of rotatable bonds is 23. The van der Waals surface area contributed by atoms with E-state index in [1.807, 2.05) is 12.1 Å². The van der Waals surface area contributed by atoms with Crippen molar-refractivity contribution >= 4 is 23.9 Å². The number of benzene rings is 2. The third-order valence-electron chi connectivity index (χ3n) is 10.1. The normalized spacial score (nSPS) is 15.8. The van der Waals surface area contributed by atoms with Gasteiger partial charge in [-0.1, -0.05) is 89.8 Å². The Morgan fingerprint density at radius 2 is 1.48 bits per heavy atom. The highest BCUT2D eigenvalue weighted by molar-refractivity contribution is 5.91. The number of carbonyl (C=O) groups is 4. The highest BCUT2D eigenvalue weighted by Crippen LogP contribution is 2.40. The number of carbonyl (C=O) groups excluding carboxylic acids is 4. The van der Waals surface area contributed by atoms with Crippen molar-refractivity contribution in [2.24, 2.45) is 5.92 Å². The third-order valence-corrected chi connectivity index (χ3v) is 10.1. The fourth-order valence-electron chi connectivity index (χ4n) is 6.90. The first-order chi connectivity index (χ1) is 25.9. The van der Waals surface area contributed by atoms with Gasteiger partial charge in [-0.2, -0.15) is 0 Å². The zero-order valence-corrected chi connectivity index (χ0v) is 33.3. The topological polar surface area (TPSA) is 114 Å². The number of hydrogen-bond donors (Lipinski definition) is 0. The zero-order valence-electron chi connectivity index (χ0n) is 33.3. The quantitative estimate of drug-likeness (QED) is 0.0361. The Kier molecular flexibility index (Phi) is 19.1. The Bertz CT molecular complexity index is 1570. The van der Waals surface area contributed by atoms with Gasteiger partial charge in [0.2, 0.25) is 0 Å². The van der Waals surface area contributed by atoms with Crippen LogP contribution in [0.2, 0.25) is 0 Å². The van der Waals surface area contributed by atoms with E-state index >= 15 is 0 Å². The minimum absolute atomic E-state index is 0.149. The van der Waals surface area contributed by atoms with E-state index in [4.69, 9.17) is 18.9 Å². The van der Waals surface area contributed by atoms with Crippen molar-refractivity contribution in [2.75, 3.05) is 26.9 Å². The van der Waals surface area contributed by atoms with Crippen LogP contribution in [0.1, 0.15) is 127 Å². The zero-order chi connectivity index (χ0) is 39.5. The molecule has 0 heterocycles. The van der Waals surface area contributed by atoms with Crippen LogP contribution in [0.3, 0.4) is 0 Å². The molecule has 0 N–H and O–H groups in total. The second-order valence-electron chi connectivity index (χ2n) is 14.6. The number of unbranched alkanes of at least 4 members (excludes halogenated alkanes) is 4. The molecule has 1 aliphatic rings. The molecule has 1 atom stereocenters. The van der Waals surface area contributed by atoms with Crippen molar-refractivity contribution in [3.63, 3.8) is 0 Å². The SMILES string of the molecule is C=C(C)C(=O)OCCCc1cc(-c2ccc(C3CCC(CCCCCCC)CC3)cc2CC)ccc1OCC(COC(=O)C(=C)C)OC(=O)CC(=O)OC. The van der Waals surface area contributed by atoms with Crippen LogP contribution in [0, 0.1) is 5.92 Å². The van der Waals surface area contributed by atoms with E-state index in [-0.39, 0.29) is 25.4 Å². The number of methoxy groups -OCH3 is 1. The summed E-state index contributed by atoms with van der Waals surface area (Å²) in [5.41, 5.74) is 6.32. The molecule has 296 valence electrons. The van der Waals surface area contributed by atoms with Crippen molar-refractivity contribution in [1.82, 2.24) is 0 Å². The molecule has 0 bridgehead atoms. The first-order valence-corrected chi connectivity index (χ1v) is 19.8. The largest absolute Gasteiger partial charge is 0.489 e. The summed E-state index contributed by atoms with van der Waals surface area (Å²) in [6.07, 6.45) is 13.6. The van der Waals surface area contributed by atoms with E-state index < -0.39 is 36.4 Å². The lowest BCUT2D eigenvalue weighted by Gasteiger charge is -2.29. The van der Waals surface area contributed by atoms with E-state index in [1.54, 1.807) is 6.92 Å². The van der Waals surface area contributed by atoms with Gasteiger partial charge in [0, 0.05) is 11.1 Å². The van der Waals surface area contributed by atoms with Gasteiger partial charge >= 0.3 is 23.9 Å². The second kappa shape index (κ2) is 23.4. The van der Waals surface area contributed by atoms with E-state index in [0.717, 1.165) is 29.0 Å². The maximum absolute atomic E-state index is 12.4. The average Bonchev–Trinajstić information content (AvgIpc) is 3.17. The predicted octanol–water partition coefficient (Wildman–Crippen LogP) is 9.58. The monoisotopic (exact) mass is 746 g/mol. The van der Waals surface area contributed by atoms with Gasteiger partial charge < -0.3 is 23.7 Å². The summed E-state index contributed by atoms with van der Waals surface area (Å²) in [4.78, 5) is 48.2. The van der Waals surface area contributed by atoms with Crippen LogP contribution >= 0.6 is 0 Å². The fourth-order valence-corrected chi connectivity index (χ4v) is 6.90. The van der Waals surface area contributed by atoms with Gasteiger partial charge in [0.05, 0.1) is 13.7 Å². The average molecular weight is 747 g/mol. The highest BCUT2D eigenvalue weighted by Gasteiger charge is 2.24. The molecule has 1 saturated carbocycles. The first kappa shape index (κ1) is 44.0. The lowest BCUT2D eigenvalue weighted by Crippen LogP contribution is -2.32. The van der Waals surface area contributed by atoms with E-state index in [9.17, 15) is 19.2 Å². The van der Waals surface area contributed by atoms with Crippen LogP contribution < -0.4 is 4.74 Å². The maximum Gasteiger partial charge on any atom is 0.333 e. The van der Waals surface area contributed by atoms with Gasteiger partial charge in [0.1, 0.15) is 25.4 Å². The predicted molar refractivity (Wildman–Crippen MR) is 211 cm³/mol. The van der Waals surface area contributed by atoms with Gasteiger partial charge in [-0.15, -0.1) is 0 Å². The minimum Gasteiger partial charge on any atom is -0.489 e. The molecule has 0 aromatic heterocycles. The summed E-state index contributed by atoms with van der Waals surface area (Å²) >= 11 is 0. The molecular formula is C45H62O9. The van der Waals surface area contributed by atoms with Crippen LogP contribution in [-0.4, -0.2) is 56.9 Å². The van der Waals surface area contributed by atoms with Gasteiger partial charge in [-0.05, 0) is 111 Å². The summed E-state index contributed by atoms with van der Waals surface area (Å²) in [6.45, 7) is 14.6. The molecule has 3 rings (SSSR count). The van der Waals surface area contributed by atoms with Crippen molar-refractivity contribution < 1.29 is 42.9 Å². The van der Waals surface area contributed by atoms with E-state index in [1.165, 1.54) is 89.4 Å². The number of aryl methyl sites for hydroxylation is 2. The molecule has 0 amide bonds. The lowest BCUT2D eigenvalue weighted by molar-refractivity contribution is -0.163. The molecule has 54 heavy (non-hydrogen) atoms. The summed E-state index contributed by atoms with van der Waals surface area (Å²) in [6, 6.07) is 12.9. The molecule has 2 aromatic carbocycles. The Morgan fingerprint density at radius 1 is 0.778 bits per heavy atom. The van der Waals surface area contributed by atoms with Crippen molar-refractivity contribution in [1.29, 1.82) is 0 Å². The molecule has 0 saturated heterocycles. The summed E-state index contributed by atoms with van der Waals surface area (Å²) in [5.74, 6) is -0.663.